The molecule has 30 heavy (non-hydrogen) atoms. The minimum absolute atomic E-state index is 0.111. The number of ether oxygens (including phenoxy) is 2. The first-order valence-electron chi connectivity index (χ1n) is 9.56. The summed E-state index contributed by atoms with van der Waals surface area (Å²) in [4.78, 5) is 12.0. The molecule has 0 aromatic heterocycles. The molecule has 0 radical (unpaired) electrons. The zero-order valence-electron chi connectivity index (χ0n) is 16.5. The van der Waals surface area contributed by atoms with Crippen molar-refractivity contribution in [3.05, 3.63) is 59.7 Å². The molecule has 2 aromatic rings. The molecular formula is C21H23F2NO5S. The average molecular weight is 439 g/mol. The number of carbonyl (C=O) groups is 1. The van der Waals surface area contributed by atoms with Crippen molar-refractivity contribution in [3.8, 4) is 5.75 Å². The van der Waals surface area contributed by atoms with Crippen molar-refractivity contribution in [1.29, 1.82) is 0 Å². The van der Waals surface area contributed by atoms with Crippen LogP contribution in [-0.2, 0) is 26.0 Å². The van der Waals surface area contributed by atoms with Crippen molar-refractivity contribution in [2.24, 2.45) is 5.92 Å². The summed E-state index contributed by atoms with van der Waals surface area (Å²) in [5, 5.41) is 0. The predicted octanol–water partition coefficient (Wildman–Crippen LogP) is 3.16. The van der Waals surface area contributed by atoms with Crippen LogP contribution < -0.4 is 4.74 Å². The lowest BCUT2D eigenvalue weighted by molar-refractivity contribution is -0.149. The van der Waals surface area contributed by atoms with Gasteiger partial charge in [0.15, 0.2) is 11.6 Å². The van der Waals surface area contributed by atoms with E-state index in [4.69, 9.17) is 9.47 Å². The van der Waals surface area contributed by atoms with Gasteiger partial charge in [-0.25, -0.2) is 17.2 Å². The highest BCUT2D eigenvalue weighted by Crippen LogP contribution is 2.25. The average Bonchev–Trinajstić information content (AvgIpc) is 2.76. The van der Waals surface area contributed by atoms with Gasteiger partial charge in [-0.15, -0.1) is 0 Å². The molecule has 0 aliphatic carbocycles. The van der Waals surface area contributed by atoms with E-state index >= 15 is 0 Å². The Balaban J connectivity index is 1.49. The number of rotatable bonds is 7. The van der Waals surface area contributed by atoms with Gasteiger partial charge in [-0.3, -0.25) is 4.79 Å². The van der Waals surface area contributed by atoms with Gasteiger partial charge < -0.3 is 9.47 Å². The molecule has 1 heterocycles. The number of nitrogens with zero attached hydrogens (tertiary/aromatic N) is 1. The van der Waals surface area contributed by atoms with E-state index in [-0.39, 0.29) is 30.6 Å². The zero-order chi connectivity index (χ0) is 21.7. The molecular weight excluding hydrogens is 416 g/mol. The lowest BCUT2D eigenvalue weighted by atomic mass is 9.98. The van der Waals surface area contributed by atoms with Crippen LogP contribution in [-0.4, -0.2) is 45.5 Å². The van der Waals surface area contributed by atoms with Crippen LogP contribution in [0.5, 0.6) is 5.75 Å². The van der Waals surface area contributed by atoms with Crippen molar-refractivity contribution in [1.82, 2.24) is 4.31 Å². The Bertz CT molecular complexity index is 987. The van der Waals surface area contributed by atoms with Gasteiger partial charge >= 0.3 is 5.97 Å². The highest BCUT2D eigenvalue weighted by atomic mass is 32.2. The number of sulfonamides is 1. The number of carbonyl (C=O) groups excluding carboxylic acids is 1. The summed E-state index contributed by atoms with van der Waals surface area (Å²) in [6.07, 6.45) is 1.19. The van der Waals surface area contributed by atoms with Crippen LogP contribution in [0.15, 0.2) is 47.4 Å². The van der Waals surface area contributed by atoms with Crippen LogP contribution in [0.4, 0.5) is 8.78 Å². The van der Waals surface area contributed by atoms with E-state index in [0.717, 1.165) is 23.4 Å². The van der Waals surface area contributed by atoms with E-state index in [1.165, 1.54) is 4.31 Å². The summed E-state index contributed by atoms with van der Waals surface area (Å²) in [6, 6.07) is 9.95. The third-order valence-electron chi connectivity index (χ3n) is 5.11. The molecule has 162 valence electrons. The van der Waals surface area contributed by atoms with Crippen LogP contribution in [0.2, 0.25) is 0 Å². The first kappa shape index (κ1) is 22.2. The SMILES string of the molecule is COc1ccc(CCOC(=O)C2CCN(S(=O)(=O)c3ccc(F)c(F)c3)CC2)cc1. The number of hydrogen-bond acceptors (Lipinski definition) is 5. The number of benzene rings is 2. The van der Waals surface area contributed by atoms with Crippen molar-refractivity contribution in [3.63, 3.8) is 0 Å². The summed E-state index contributed by atoms with van der Waals surface area (Å²) < 4.78 is 63.3. The second-order valence-corrected chi connectivity index (χ2v) is 8.96. The van der Waals surface area contributed by atoms with Crippen LogP contribution >= 0.6 is 0 Å². The number of hydrogen-bond donors (Lipinski definition) is 0. The first-order valence-corrected chi connectivity index (χ1v) is 11.0. The summed E-state index contributed by atoms with van der Waals surface area (Å²) in [6.45, 7) is 0.456. The number of piperidine rings is 1. The predicted molar refractivity (Wildman–Crippen MR) is 105 cm³/mol. The van der Waals surface area contributed by atoms with Gasteiger partial charge in [0.25, 0.3) is 0 Å². The van der Waals surface area contributed by atoms with Crippen LogP contribution in [0, 0.1) is 17.6 Å². The fourth-order valence-corrected chi connectivity index (χ4v) is 4.78. The third-order valence-corrected chi connectivity index (χ3v) is 7.00. The Morgan fingerprint density at radius 3 is 2.33 bits per heavy atom. The lowest BCUT2D eigenvalue weighted by Gasteiger charge is -2.30. The molecule has 0 unspecified atom stereocenters. The monoisotopic (exact) mass is 439 g/mol. The molecule has 2 aromatic carbocycles. The van der Waals surface area contributed by atoms with Crippen LogP contribution in [0.3, 0.4) is 0 Å². The number of halogens is 2. The fraction of sp³-hybridized carbons (Fsp3) is 0.381. The second-order valence-electron chi connectivity index (χ2n) is 7.02. The molecule has 0 bridgehead atoms. The molecule has 0 atom stereocenters. The number of esters is 1. The molecule has 1 aliphatic rings. The van der Waals surface area contributed by atoms with E-state index in [0.29, 0.717) is 25.3 Å². The molecule has 1 aliphatic heterocycles. The van der Waals surface area contributed by atoms with Gasteiger partial charge in [-0.1, -0.05) is 12.1 Å². The Morgan fingerprint density at radius 2 is 1.73 bits per heavy atom. The molecule has 0 N–H and O–H groups in total. The van der Waals surface area contributed by atoms with Crippen molar-refractivity contribution >= 4 is 16.0 Å². The van der Waals surface area contributed by atoms with Crippen molar-refractivity contribution < 1.29 is 31.5 Å². The Hall–Kier alpha value is -2.52. The van der Waals surface area contributed by atoms with E-state index < -0.39 is 27.6 Å². The molecule has 0 amide bonds. The maximum Gasteiger partial charge on any atom is 0.309 e. The smallest absolute Gasteiger partial charge is 0.309 e. The minimum atomic E-state index is -3.94. The largest absolute Gasteiger partial charge is 0.497 e. The Kier molecular flexibility index (Phi) is 7.04. The van der Waals surface area contributed by atoms with Crippen molar-refractivity contribution in [2.45, 2.75) is 24.2 Å². The van der Waals surface area contributed by atoms with E-state index in [2.05, 4.69) is 0 Å². The van der Waals surface area contributed by atoms with Gasteiger partial charge in [0.2, 0.25) is 10.0 Å². The molecule has 0 saturated carbocycles. The first-order chi connectivity index (χ1) is 14.3. The van der Waals surface area contributed by atoms with Crippen LogP contribution in [0.25, 0.3) is 0 Å². The van der Waals surface area contributed by atoms with Gasteiger partial charge in [-0.2, -0.15) is 4.31 Å². The molecule has 9 heteroatoms. The summed E-state index contributed by atoms with van der Waals surface area (Å²) >= 11 is 0. The van der Waals surface area contributed by atoms with Gasteiger partial charge in [0.1, 0.15) is 5.75 Å². The van der Waals surface area contributed by atoms with Gasteiger partial charge in [-0.05, 0) is 48.7 Å². The normalized spacial score (nSPS) is 15.7. The van der Waals surface area contributed by atoms with E-state index in [1.54, 1.807) is 7.11 Å². The molecule has 3 rings (SSSR count). The molecule has 6 nitrogen and oxygen atoms in total. The quantitative estimate of drug-likeness (QED) is 0.620. The Labute approximate surface area is 174 Å². The summed E-state index contributed by atoms with van der Waals surface area (Å²) in [5.74, 6) is -2.32. The molecule has 0 spiro atoms. The maximum absolute atomic E-state index is 13.4. The highest BCUT2D eigenvalue weighted by molar-refractivity contribution is 7.89. The second kappa shape index (κ2) is 9.53. The Morgan fingerprint density at radius 1 is 1.07 bits per heavy atom. The van der Waals surface area contributed by atoms with Crippen molar-refractivity contribution in [2.75, 3.05) is 26.8 Å². The minimum Gasteiger partial charge on any atom is -0.497 e. The van der Waals surface area contributed by atoms with E-state index in [1.807, 2.05) is 24.3 Å². The van der Waals surface area contributed by atoms with Crippen LogP contribution in [0.1, 0.15) is 18.4 Å². The number of methoxy groups -OCH3 is 1. The summed E-state index contributed by atoms with van der Waals surface area (Å²) in [5.41, 5.74) is 1.01. The van der Waals surface area contributed by atoms with Gasteiger partial charge in [0.05, 0.1) is 24.5 Å². The standard InChI is InChI=1S/C21H23F2NO5S/c1-28-17-4-2-15(3-5-17)10-13-29-21(25)16-8-11-24(12-9-16)30(26,27)18-6-7-19(22)20(23)14-18/h2-7,14,16H,8-13H2,1H3. The molecule has 1 saturated heterocycles. The van der Waals surface area contributed by atoms with E-state index in [9.17, 15) is 22.0 Å². The molecule has 1 fully saturated rings. The highest BCUT2D eigenvalue weighted by Gasteiger charge is 2.33. The maximum atomic E-state index is 13.4. The zero-order valence-corrected chi connectivity index (χ0v) is 17.3. The fourth-order valence-electron chi connectivity index (χ4n) is 3.30. The topological polar surface area (TPSA) is 72.9 Å². The van der Waals surface area contributed by atoms with Gasteiger partial charge in [0, 0.05) is 19.5 Å². The summed E-state index contributed by atoms with van der Waals surface area (Å²) in [7, 11) is -2.36. The lowest BCUT2D eigenvalue weighted by Crippen LogP contribution is -2.40. The third kappa shape index (κ3) is 5.14.